The third-order valence-electron chi connectivity index (χ3n) is 1.94. The highest BCUT2D eigenvalue weighted by atomic mass is 35.5. The molecule has 16 heavy (non-hydrogen) atoms. The van der Waals surface area contributed by atoms with Gasteiger partial charge in [-0.15, -0.1) is 10.2 Å². The quantitative estimate of drug-likeness (QED) is 0.783. The second-order valence-electron chi connectivity index (χ2n) is 3.38. The van der Waals surface area contributed by atoms with Gasteiger partial charge in [0.25, 0.3) is 0 Å². The Balaban J connectivity index is 2.76. The summed E-state index contributed by atoms with van der Waals surface area (Å²) < 4.78 is 5.16. The van der Waals surface area contributed by atoms with Crippen LogP contribution < -0.4 is 0 Å². The van der Waals surface area contributed by atoms with Crippen molar-refractivity contribution < 1.29 is 9.53 Å². The summed E-state index contributed by atoms with van der Waals surface area (Å²) in [5, 5.41) is 7.16. The maximum atomic E-state index is 11.7. The Morgan fingerprint density at radius 1 is 1.50 bits per heavy atom. The highest BCUT2D eigenvalue weighted by Gasteiger charge is 2.16. The van der Waals surface area contributed by atoms with E-state index in [4.69, 9.17) is 27.9 Å². The number of hydrogen-bond donors (Lipinski definition) is 0. The van der Waals surface area contributed by atoms with Gasteiger partial charge in [-0.3, -0.25) is 0 Å². The van der Waals surface area contributed by atoms with Crippen molar-refractivity contribution >= 4 is 29.2 Å². The van der Waals surface area contributed by atoms with Crippen molar-refractivity contribution in [2.45, 2.75) is 32.8 Å². The summed E-state index contributed by atoms with van der Waals surface area (Å²) in [6, 6.07) is 1.35. The number of aromatic nitrogens is 2. The van der Waals surface area contributed by atoms with Gasteiger partial charge in [0.15, 0.2) is 10.3 Å². The lowest BCUT2D eigenvalue weighted by Gasteiger charge is -2.12. The molecule has 1 unspecified atom stereocenters. The molecular formula is C10H12Cl2N2O2. The number of halogens is 2. The van der Waals surface area contributed by atoms with Crippen LogP contribution >= 0.6 is 23.2 Å². The van der Waals surface area contributed by atoms with E-state index in [0.717, 1.165) is 12.8 Å². The van der Waals surface area contributed by atoms with E-state index in [9.17, 15) is 4.79 Å². The Labute approximate surface area is 104 Å². The Morgan fingerprint density at radius 2 is 2.19 bits per heavy atom. The SMILES string of the molecule is CCCC(C)OC(=O)c1cc(Cl)nnc1Cl. The predicted molar refractivity (Wildman–Crippen MR) is 61.8 cm³/mol. The van der Waals surface area contributed by atoms with Crippen LogP contribution in [0.4, 0.5) is 0 Å². The van der Waals surface area contributed by atoms with Crippen molar-refractivity contribution in [1.82, 2.24) is 10.2 Å². The fourth-order valence-electron chi connectivity index (χ4n) is 1.21. The number of hydrogen-bond acceptors (Lipinski definition) is 4. The van der Waals surface area contributed by atoms with Gasteiger partial charge in [-0.1, -0.05) is 36.5 Å². The van der Waals surface area contributed by atoms with E-state index in [1.54, 1.807) is 0 Å². The van der Waals surface area contributed by atoms with Crippen molar-refractivity contribution in [1.29, 1.82) is 0 Å². The van der Waals surface area contributed by atoms with Crippen LogP contribution in [0.1, 0.15) is 37.0 Å². The summed E-state index contributed by atoms with van der Waals surface area (Å²) in [5.74, 6) is -0.525. The van der Waals surface area contributed by atoms with E-state index < -0.39 is 5.97 Å². The van der Waals surface area contributed by atoms with Crippen molar-refractivity contribution in [3.05, 3.63) is 21.9 Å². The van der Waals surface area contributed by atoms with Gasteiger partial charge in [0.1, 0.15) is 5.56 Å². The van der Waals surface area contributed by atoms with Crippen LogP contribution in [-0.2, 0) is 4.74 Å². The molecule has 1 rings (SSSR count). The standard InChI is InChI=1S/C10H12Cl2N2O2/c1-3-4-6(2)16-10(15)7-5-8(11)13-14-9(7)12/h5-6H,3-4H2,1-2H3. The molecule has 0 amide bonds. The molecule has 0 aliphatic heterocycles. The average molecular weight is 263 g/mol. The summed E-state index contributed by atoms with van der Waals surface area (Å²) in [4.78, 5) is 11.7. The fourth-order valence-corrected chi connectivity index (χ4v) is 1.52. The molecule has 1 atom stereocenters. The first kappa shape index (κ1) is 13.2. The summed E-state index contributed by atoms with van der Waals surface area (Å²) in [6.07, 6.45) is 1.59. The molecule has 0 fully saturated rings. The zero-order valence-electron chi connectivity index (χ0n) is 9.04. The van der Waals surface area contributed by atoms with Gasteiger partial charge in [0, 0.05) is 0 Å². The second-order valence-corrected chi connectivity index (χ2v) is 4.12. The molecule has 88 valence electrons. The lowest BCUT2D eigenvalue weighted by atomic mass is 10.2. The van der Waals surface area contributed by atoms with Gasteiger partial charge in [0.05, 0.1) is 6.10 Å². The van der Waals surface area contributed by atoms with E-state index in [1.807, 2.05) is 13.8 Å². The van der Waals surface area contributed by atoms with E-state index in [1.165, 1.54) is 6.07 Å². The molecule has 1 aromatic rings. The third-order valence-corrected chi connectivity index (χ3v) is 2.41. The smallest absolute Gasteiger partial charge is 0.341 e. The zero-order valence-corrected chi connectivity index (χ0v) is 10.5. The zero-order chi connectivity index (χ0) is 12.1. The minimum absolute atomic E-state index is 0.00176. The lowest BCUT2D eigenvalue weighted by Crippen LogP contribution is -2.15. The van der Waals surface area contributed by atoms with Gasteiger partial charge in [-0.25, -0.2) is 4.79 Å². The van der Waals surface area contributed by atoms with Crippen LogP contribution in [0.2, 0.25) is 10.3 Å². The second kappa shape index (κ2) is 6.01. The number of esters is 1. The van der Waals surface area contributed by atoms with E-state index >= 15 is 0 Å². The summed E-state index contributed by atoms with van der Waals surface area (Å²) >= 11 is 11.3. The minimum atomic E-state index is -0.525. The van der Waals surface area contributed by atoms with Gasteiger partial charge >= 0.3 is 5.97 Å². The molecule has 4 nitrogen and oxygen atoms in total. The number of ether oxygens (including phenoxy) is 1. The van der Waals surface area contributed by atoms with Crippen molar-refractivity contribution in [3.8, 4) is 0 Å². The first-order chi connectivity index (χ1) is 7.54. The Morgan fingerprint density at radius 3 is 2.81 bits per heavy atom. The molecule has 0 aliphatic carbocycles. The molecule has 0 radical (unpaired) electrons. The highest BCUT2D eigenvalue weighted by Crippen LogP contribution is 2.17. The summed E-state index contributed by atoms with van der Waals surface area (Å²) in [5.41, 5.74) is 0.143. The summed E-state index contributed by atoms with van der Waals surface area (Å²) in [7, 11) is 0. The van der Waals surface area contributed by atoms with Crippen LogP contribution in [0.3, 0.4) is 0 Å². The van der Waals surface area contributed by atoms with Crippen molar-refractivity contribution in [2.24, 2.45) is 0 Å². The largest absolute Gasteiger partial charge is 0.459 e. The monoisotopic (exact) mass is 262 g/mol. The predicted octanol–water partition coefficient (Wildman–Crippen LogP) is 3.13. The molecule has 0 bridgehead atoms. The molecule has 6 heteroatoms. The normalized spacial score (nSPS) is 12.2. The number of nitrogens with zero attached hydrogens (tertiary/aromatic N) is 2. The molecule has 0 aliphatic rings. The van der Waals surface area contributed by atoms with Crippen LogP contribution in [0, 0.1) is 0 Å². The van der Waals surface area contributed by atoms with Crippen LogP contribution in [0.5, 0.6) is 0 Å². The molecule has 0 spiro atoms. The van der Waals surface area contributed by atoms with Gasteiger partial charge in [-0.05, 0) is 19.4 Å². The molecule has 0 N–H and O–H groups in total. The maximum absolute atomic E-state index is 11.7. The highest BCUT2D eigenvalue weighted by molar-refractivity contribution is 6.33. The topological polar surface area (TPSA) is 52.1 Å². The van der Waals surface area contributed by atoms with Gasteiger partial charge in [0.2, 0.25) is 0 Å². The maximum Gasteiger partial charge on any atom is 0.341 e. The van der Waals surface area contributed by atoms with E-state index in [2.05, 4.69) is 10.2 Å². The molecule has 1 aromatic heterocycles. The number of carbonyl (C=O) groups is 1. The number of rotatable bonds is 4. The van der Waals surface area contributed by atoms with E-state index in [0.29, 0.717) is 0 Å². The van der Waals surface area contributed by atoms with Crippen molar-refractivity contribution in [3.63, 3.8) is 0 Å². The third kappa shape index (κ3) is 3.61. The molecule has 0 aromatic carbocycles. The lowest BCUT2D eigenvalue weighted by molar-refractivity contribution is 0.0323. The first-order valence-electron chi connectivity index (χ1n) is 4.94. The van der Waals surface area contributed by atoms with Crippen molar-refractivity contribution in [2.75, 3.05) is 0 Å². The Kier molecular flexibility index (Phi) is 4.96. The number of carbonyl (C=O) groups excluding carboxylic acids is 1. The van der Waals surface area contributed by atoms with Gasteiger partial charge < -0.3 is 4.74 Å². The Hall–Kier alpha value is -0.870. The molecule has 0 saturated heterocycles. The van der Waals surface area contributed by atoms with Crippen LogP contribution in [0.15, 0.2) is 6.07 Å². The molecule has 1 heterocycles. The fraction of sp³-hybridized carbons (Fsp3) is 0.500. The molecule has 0 saturated carbocycles. The summed E-state index contributed by atoms with van der Waals surface area (Å²) in [6.45, 7) is 3.84. The minimum Gasteiger partial charge on any atom is -0.459 e. The van der Waals surface area contributed by atoms with Crippen LogP contribution in [0.25, 0.3) is 0 Å². The van der Waals surface area contributed by atoms with E-state index in [-0.39, 0.29) is 22.0 Å². The molecular weight excluding hydrogens is 251 g/mol. The first-order valence-corrected chi connectivity index (χ1v) is 5.70. The Bertz CT molecular complexity index is 385. The van der Waals surface area contributed by atoms with Crippen LogP contribution in [-0.4, -0.2) is 22.3 Å². The van der Waals surface area contributed by atoms with Gasteiger partial charge in [-0.2, -0.15) is 0 Å². The average Bonchev–Trinajstić information content (AvgIpc) is 2.21.